The van der Waals surface area contributed by atoms with E-state index in [1.165, 1.54) is 0 Å². The van der Waals surface area contributed by atoms with E-state index in [0.717, 1.165) is 12.8 Å². The van der Waals surface area contributed by atoms with Gasteiger partial charge in [0.1, 0.15) is 0 Å². The van der Waals surface area contributed by atoms with Crippen LogP contribution in [0.3, 0.4) is 0 Å². The smallest absolute Gasteiger partial charge is 0.302 e. The summed E-state index contributed by atoms with van der Waals surface area (Å²) in [5.41, 5.74) is 0. The van der Waals surface area contributed by atoms with E-state index < -0.39 is 21.7 Å². The van der Waals surface area contributed by atoms with Crippen molar-refractivity contribution in [1.29, 1.82) is 0 Å². The van der Waals surface area contributed by atoms with E-state index in [9.17, 15) is 9.13 Å². The van der Waals surface area contributed by atoms with Gasteiger partial charge < -0.3 is 14.7 Å². The minimum absolute atomic E-state index is 0.447. The van der Waals surface area contributed by atoms with Crippen LogP contribution in [0.4, 0.5) is 0 Å². The fourth-order valence-electron chi connectivity index (χ4n) is 1.34. The van der Waals surface area contributed by atoms with E-state index in [2.05, 4.69) is 8.83 Å². The summed E-state index contributed by atoms with van der Waals surface area (Å²) in [7, 11) is -9.61. The highest BCUT2D eigenvalue weighted by molar-refractivity contribution is 7.60. The monoisotopic (exact) mass is 246 g/mol. The van der Waals surface area contributed by atoms with Gasteiger partial charge in [-0.1, -0.05) is 12.8 Å². The van der Waals surface area contributed by atoms with Gasteiger partial charge in [-0.2, -0.15) is 4.31 Å². The molecular weight excluding hydrogens is 234 g/mol. The molecule has 3 N–H and O–H groups in total. The van der Waals surface area contributed by atoms with E-state index in [-0.39, 0.29) is 0 Å². The Hall–Kier alpha value is 0.260. The van der Waals surface area contributed by atoms with Crippen molar-refractivity contribution in [3.05, 3.63) is 0 Å². The summed E-state index contributed by atoms with van der Waals surface area (Å²) in [5, 5.41) is 0. The van der Waals surface area contributed by atoms with Gasteiger partial charge in [0.25, 0.3) is 0 Å². The molecule has 1 rings (SSSR count). The van der Waals surface area contributed by atoms with Crippen LogP contribution in [0.2, 0.25) is 0 Å². The predicted molar refractivity (Wildman–Crippen MR) is 46.3 cm³/mol. The molecule has 0 bridgehead atoms. The zero-order valence-corrected chi connectivity index (χ0v) is 9.06. The predicted octanol–water partition coefficient (Wildman–Crippen LogP) is 1.16. The van der Waals surface area contributed by atoms with Gasteiger partial charge in [0.15, 0.2) is 0 Å². The Labute approximate surface area is 80.9 Å². The fourth-order valence-corrected chi connectivity index (χ4v) is 3.15. The summed E-state index contributed by atoms with van der Waals surface area (Å²) < 4.78 is 29.5. The Balaban J connectivity index is 2.48. The molecule has 84 valence electrons. The van der Waals surface area contributed by atoms with Gasteiger partial charge >= 0.3 is 15.6 Å². The minimum atomic E-state index is -4.98. The summed E-state index contributed by atoms with van der Waals surface area (Å²) >= 11 is 0. The molecule has 1 aliphatic rings. The highest BCUT2D eigenvalue weighted by Crippen LogP contribution is 2.58. The van der Waals surface area contributed by atoms with Crippen LogP contribution in [0, 0.1) is 0 Å². The highest BCUT2D eigenvalue weighted by Gasteiger charge is 2.35. The van der Waals surface area contributed by atoms with E-state index in [4.69, 9.17) is 14.7 Å². The molecule has 14 heavy (non-hydrogen) atoms. The average molecular weight is 246 g/mol. The lowest BCUT2D eigenvalue weighted by atomic mass is 10.3. The van der Waals surface area contributed by atoms with Crippen molar-refractivity contribution in [1.82, 2.24) is 0 Å². The van der Waals surface area contributed by atoms with Crippen LogP contribution in [-0.4, -0.2) is 20.8 Å². The first-order valence-electron chi connectivity index (χ1n) is 4.07. The van der Waals surface area contributed by atoms with Crippen molar-refractivity contribution < 1.29 is 32.6 Å². The molecule has 1 fully saturated rings. The van der Waals surface area contributed by atoms with Crippen molar-refractivity contribution in [3.8, 4) is 0 Å². The molecule has 0 saturated heterocycles. The fraction of sp³-hybridized carbons (Fsp3) is 1.00. The van der Waals surface area contributed by atoms with Crippen LogP contribution in [0.25, 0.3) is 0 Å². The Morgan fingerprint density at radius 1 is 1.07 bits per heavy atom. The van der Waals surface area contributed by atoms with Crippen molar-refractivity contribution in [2.24, 2.45) is 0 Å². The molecule has 0 aromatic rings. The second-order valence-corrected chi connectivity index (χ2v) is 5.83. The number of phosphoric ester groups is 1. The normalized spacial score (nSPS) is 23.6. The van der Waals surface area contributed by atoms with E-state index >= 15 is 0 Å². The lowest BCUT2D eigenvalue weighted by Gasteiger charge is -2.16. The summed E-state index contributed by atoms with van der Waals surface area (Å²) in [6.45, 7) is 0. The summed E-state index contributed by atoms with van der Waals surface area (Å²) in [5.74, 6) is 0. The Kier molecular flexibility index (Phi) is 3.88. The van der Waals surface area contributed by atoms with Crippen LogP contribution in [-0.2, 0) is 18.0 Å². The lowest BCUT2D eigenvalue weighted by Crippen LogP contribution is -2.06. The maximum absolute atomic E-state index is 11.0. The average Bonchev–Trinajstić information content (AvgIpc) is 2.31. The summed E-state index contributed by atoms with van der Waals surface area (Å²) in [6, 6.07) is 0. The molecule has 0 spiro atoms. The molecular formula is C5H12O7P2. The van der Waals surface area contributed by atoms with Gasteiger partial charge in [0, 0.05) is 0 Å². The van der Waals surface area contributed by atoms with Crippen LogP contribution in [0.5, 0.6) is 0 Å². The quantitative estimate of drug-likeness (QED) is 0.637. The zero-order valence-electron chi connectivity index (χ0n) is 7.27. The lowest BCUT2D eigenvalue weighted by molar-refractivity contribution is 0.130. The second kappa shape index (κ2) is 4.41. The summed E-state index contributed by atoms with van der Waals surface area (Å²) in [4.78, 5) is 25.5. The molecule has 0 aliphatic heterocycles. The molecule has 1 atom stereocenters. The van der Waals surface area contributed by atoms with Crippen LogP contribution < -0.4 is 0 Å². The molecule has 0 heterocycles. The van der Waals surface area contributed by atoms with Gasteiger partial charge in [0.05, 0.1) is 6.10 Å². The Morgan fingerprint density at radius 2 is 1.57 bits per heavy atom. The van der Waals surface area contributed by atoms with Crippen molar-refractivity contribution in [2.75, 3.05) is 0 Å². The molecule has 0 radical (unpaired) electrons. The van der Waals surface area contributed by atoms with Crippen LogP contribution >= 0.6 is 15.6 Å². The second-order valence-electron chi connectivity index (χ2n) is 3.05. The van der Waals surface area contributed by atoms with Gasteiger partial charge in [-0.3, -0.25) is 4.52 Å². The number of phosphoric acid groups is 2. The Morgan fingerprint density at radius 3 is 2.00 bits per heavy atom. The first kappa shape index (κ1) is 12.3. The molecule has 1 unspecified atom stereocenters. The van der Waals surface area contributed by atoms with E-state index in [0.29, 0.717) is 12.8 Å². The first-order chi connectivity index (χ1) is 6.29. The topological polar surface area (TPSA) is 113 Å². The van der Waals surface area contributed by atoms with Gasteiger partial charge in [-0.15, -0.1) is 0 Å². The van der Waals surface area contributed by atoms with Crippen molar-refractivity contribution in [2.45, 2.75) is 31.8 Å². The summed E-state index contributed by atoms with van der Waals surface area (Å²) in [6.07, 6.45) is 2.52. The highest BCUT2D eigenvalue weighted by atomic mass is 31.3. The third-order valence-corrected chi connectivity index (χ3v) is 4.03. The van der Waals surface area contributed by atoms with Gasteiger partial charge in [-0.25, -0.2) is 9.13 Å². The first-order valence-corrected chi connectivity index (χ1v) is 7.09. The van der Waals surface area contributed by atoms with Crippen LogP contribution in [0.1, 0.15) is 25.7 Å². The van der Waals surface area contributed by atoms with E-state index in [1.54, 1.807) is 0 Å². The molecule has 0 aromatic carbocycles. The zero-order chi connectivity index (χ0) is 10.8. The molecule has 0 amide bonds. The number of hydrogen-bond donors (Lipinski definition) is 3. The third kappa shape index (κ3) is 4.66. The molecule has 1 aliphatic carbocycles. The number of rotatable bonds is 4. The maximum atomic E-state index is 11.0. The SMILES string of the molecule is O=P(O)(O)OP(=O)(O)OC1CCCC1. The largest absolute Gasteiger partial charge is 0.481 e. The van der Waals surface area contributed by atoms with Crippen LogP contribution in [0.15, 0.2) is 0 Å². The van der Waals surface area contributed by atoms with Gasteiger partial charge in [0.2, 0.25) is 0 Å². The minimum Gasteiger partial charge on any atom is -0.302 e. The standard InChI is InChI=1S/C5H12O7P2/c6-13(7,8)12-14(9,10)11-5-3-1-2-4-5/h5H,1-4H2,(H,9,10)(H2,6,7,8). The molecule has 9 heteroatoms. The Bertz CT molecular complexity index is 278. The van der Waals surface area contributed by atoms with Gasteiger partial charge in [-0.05, 0) is 12.8 Å². The van der Waals surface area contributed by atoms with E-state index in [1.807, 2.05) is 0 Å². The number of hydrogen-bond acceptors (Lipinski definition) is 4. The third-order valence-electron chi connectivity index (χ3n) is 1.79. The molecule has 7 nitrogen and oxygen atoms in total. The molecule has 0 aromatic heterocycles. The maximum Gasteiger partial charge on any atom is 0.481 e. The van der Waals surface area contributed by atoms with Crippen molar-refractivity contribution in [3.63, 3.8) is 0 Å². The van der Waals surface area contributed by atoms with Crippen molar-refractivity contribution >= 4 is 15.6 Å². The molecule has 1 saturated carbocycles.